The van der Waals surface area contributed by atoms with Gasteiger partial charge in [-0.3, -0.25) is 4.79 Å². The average Bonchev–Trinajstić information content (AvgIpc) is 2.31. The third-order valence-electron chi connectivity index (χ3n) is 1.52. The zero-order valence-corrected chi connectivity index (χ0v) is 6.11. The lowest BCUT2D eigenvalue weighted by Crippen LogP contribution is -2.15. The molecule has 0 aliphatic carbocycles. The van der Waals surface area contributed by atoms with Gasteiger partial charge in [-0.25, -0.2) is 0 Å². The van der Waals surface area contributed by atoms with E-state index in [0.29, 0.717) is 0 Å². The van der Waals surface area contributed by atoms with E-state index >= 15 is 0 Å². The molecule has 1 amide bonds. The first-order chi connectivity index (χ1) is 4.84. The lowest BCUT2D eigenvalue weighted by molar-refractivity contribution is -0.116. The van der Waals surface area contributed by atoms with Crippen molar-refractivity contribution in [2.75, 3.05) is 20.1 Å². The molecule has 1 aliphatic heterocycles. The summed E-state index contributed by atoms with van der Waals surface area (Å²) in [7, 11) is 1.86. The van der Waals surface area contributed by atoms with Crippen LogP contribution >= 0.6 is 0 Å². The van der Waals surface area contributed by atoms with E-state index in [9.17, 15) is 4.79 Å². The summed E-state index contributed by atoms with van der Waals surface area (Å²) in [6.45, 7) is 1.58. The normalized spacial score (nSPS) is 21.7. The number of nitrogens with one attached hydrogen (secondary N) is 2. The molecule has 0 aromatic heterocycles. The highest BCUT2D eigenvalue weighted by Gasteiger charge is 2.14. The van der Waals surface area contributed by atoms with Crippen molar-refractivity contribution in [3.63, 3.8) is 0 Å². The van der Waals surface area contributed by atoms with Gasteiger partial charge in [0.05, 0.1) is 0 Å². The Bertz CT molecular complexity index is 163. The van der Waals surface area contributed by atoms with E-state index in [1.54, 1.807) is 0 Å². The maximum Gasteiger partial charge on any atom is 0.247 e. The number of amides is 1. The van der Waals surface area contributed by atoms with Gasteiger partial charge in [-0.05, 0) is 13.5 Å². The summed E-state index contributed by atoms with van der Waals surface area (Å²) in [6, 6.07) is 0. The second-order valence-corrected chi connectivity index (χ2v) is 2.29. The van der Waals surface area contributed by atoms with Crippen molar-refractivity contribution in [2.45, 2.75) is 6.42 Å². The first-order valence-electron chi connectivity index (χ1n) is 3.46. The molecule has 3 heteroatoms. The molecule has 3 nitrogen and oxygen atoms in total. The molecule has 1 heterocycles. The minimum absolute atomic E-state index is 0.0928. The highest BCUT2D eigenvalue weighted by Crippen LogP contribution is 2.05. The lowest BCUT2D eigenvalue weighted by atomic mass is 10.2. The Morgan fingerprint density at radius 3 is 3.10 bits per heavy atom. The van der Waals surface area contributed by atoms with E-state index in [0.717, 1.165) is 25.1 Å². The lowest BCUT2D eigenvalue weighted by Gasteiger charge is -1.91. The molecule has 0 saturated carbocycles. The van der Waals surface area contributed by atoms with Gasteiger partial charge in [-0.1, -0.05) is 6.08 Å². The summed E-state index contributed by atoms with van der Waals surface area (Å²) < 4.78 is 0. The summed E-state index contributed by atoms with van der Waals surface area (Å²) in [5.74, 6) is 0.0928. The van der Waals surface area contributed by atoms with E-state index in [1.807, 2.05) is 13.1 Å². The van der Waals surface area contributed by atoms with Crippen LogP contribution in [-0.4, -0.2) is 26.0 Å². The number of hydrogen-bond acceptors (Lipinski definition) is 2. The number of hydrogen-bond donors (Lipinski definition) is 2. The summed E-state index contributed by atoms with van der Waals surface area (Å²) in [4.78, 5) is 10.9. The topological polar surface area (TPSA) is 41.1 Å². The second kappa shape index (κ2) is 3.37. The van der Waals surface area contributed by atoms with Crippen LogP contribution in [-0.2, 0) is 4.79 Å². The van der Waals surface area contributed by atoms with Gasteiger partial charge in [0.25, 0.3) is 0 Å². The molecule has 10 heavy (non-hydrogen) atoms. The number of carbonyl (C=O) groups is 1. The largest absolute Gasteiger partial charge is 0.352 e. The fraction of sp³-hybridized carbons (Fsp3) is 0.571. The van der Waals surface area contributed by atoms with Gasteiger partial charge in [0.2, 0.25) is 5.91 Å². The van der Waals surface area contributed by atoms with Gasteiger partial charge in [0.15, 0.2) is 0 Å². The van der Waals surface area contributed by atoms with E-state index in [4.69, 9.17) is 0 Å². The summed E-state index contributed by atoms with van der Waals surface area (Å²) >= 11 is 0. The first-order valence-corrected chi connectivity index (χ1v) is 3.46. The van der Waals surface area contributed by atoms with E-state index in [2.05, 4.69) is 10.6 Å². The predicted molar refractivity (Wildman–Crippen MR) is 39.6 cm³/mol. The smallest absolute Gasteiger partial charge is 0.247 e. The Morgan fingerprint density at radius 2 is 2.60 bits per heavy atom. The van der Waals surface area contributed by atoms with Crippen LogP contribution in [0.4, 0.5) is 0 Å². The molecule has 56 valence electrons. The van der Waals surface area contributed by atoms with Crippen LogP contribution in [0.1, 0.15) is 6.42 Å². The van der Waals surface area contributed by atoms with Crippen LogP contribution in [0.5, 0.6) is 0 Å². The van der Waals surface area contributed by atoms with Gasteiger partial charge in [-0.15, -0.1) is 0 Å². The molecule has 1 aliphatic rings. The van der Waals surface area contributed by atoms with Gasteiger partial charge < -0.3 is 10.6 Å². The SMILES string of the molecule is CNC/C=C1\CCNC1=O. The fourth-order valence-electron chi connectivity index (χ4n) is 0.958. The van der Waals surface area contributed by atoms with Crippen LogP contribution in [0.2, 0.25) is 0 Å². The van der Waals surface area contributed by atoms with Crippen LogP contribution < -0.4 is 10.6 Å². The molecule has 0 unspecified atom stereocenters. The zero-order chi connectivity index (χ0) is 7.40. The van der Waals surface area contributed by atoms with Crippen molar-refractivity contribution in [1.82, 2.24) is 10.6 Å². The summed E-state index contributed by atoms with van der Waals surface area (Å²) in [5.41, 5.74) is 0.911. The molecule has 0 bridgehead atoms. The number of carbonyl (C=O) groups excluding carboxylic acids is 1. The Labute approximate surface area is 60.5 Å². The highest BCUT2D eigenvalue weighted by molar-refractivity contribution is 5.95. The van der Waals surface area contributed by atoms with Crippen molar-refractivity contribution >= 4 is 5.91 Å². The van der Waals surface area contributed by atoms with Crippen LogP contribution in [0, 0.1) is 0 Å². The molecule has 0 radical (unpaired) electrons. The van der Waals surface area contributed by atoms with Gasteiger partial charge >= 0.3 is 0 Å². The van der Waals surface area contributed by atoms with Crippen LogP contribution in [0.15, 0.2) is 11.6 Å². The van der Waals surface area contributed by atoms with E-state index < -0.39 is 0 Å². The van der Waals surface area contributed by atoms with Crippen LogP contribution in [0.25, 0.3) is 0 Å². The van der Waals surface area contributed by atoms with Crippen molar-refractivity contribution < 1.29 is 4.79 Å². The van der Waals surface area contributed by atoms with E-state index in [-0.39, 0.29) is 5.91 Å². The van der Waals surface area contributed by atoms with Gasteiger partial charge in [0, 0.05) is 18.7 Å². The number of likely N-dealkylation sites (N-methyl/N-ethyl adjacent to an activating group) is 1. The Kier molecular flexibility index (Phi) is 2.45. The molecule has 1 fully saturated rings. The maximum atomic E-state index is 10.9. The van der Waals surface area contributed by atoms with Gasteiger partial charge in [-0.2, -0.15) is 0 Å². The third-order valence-corrected chi connectivity index (χ3v) is 1.52. The molecule has 1 rings (SSSR count). The third kappa shape index (κ3) is 1.57. The minimum Gasteiger partial charge on any atom is -0.352 e. The summed E-state index contributed by atoms with van der Waals surface area (Å²) in [5, 5.41) is 5.70. The molecule has 0 aromatic carbocycles. The minimum atomic E-state index is 0.0928. The van der Waals surface area contributed by atoms with Gasteiger partial charge in [0.1, 0.15) is 0 Å². The molecule has 0 aromatic rings. The highest BCUT2D eigenvalue weighted by atomic mass is 16.1. The van der Waals surface area contributed by atoms with Crippen molar-refractivity contribution in [1.29, 1.82) is 0 Å². The molecule has 1 saturated heterocycles. The standard InChI is InChI=1S/C7H12N2O/c1-8-4-2-6-3-5-9-7(6)10/h2,8H,3-5H2,1H3,(H,9,10)/b6-2+. The molecule has 0 atom stereocenters. The maximum absolute atomic E-state index is 10.9. The Morgan fingerprint density at radius 1 is 1.80 bits per heavy atom. The molecule has 0 spiro atoms. The average molecular weight is 140 g/mol. The number of rotatable bonds is 2. The van der Waals surface area contributed by atoms with Crippen molar-refractivity contribution in [2.24, 2.45) is 0 Å². The predicted octanol–water partition coefficient (Wildman–Crippen LogP) is -0.348. The molecular weight excluding hydrogens is 128 g/mol. The summed E-state index contributed by atoms with van der Waals surface area (Å²) in [6.07, 6.45) is 2.81. The molecule has 2 N–H and O–H groups in total. The molecular formula is C7H12N2O. The zero-order valence-electron chi connectivity index (χ0n) is 6.11. The van der Waals surface area contributed by atoms with Crippen molar-refractivity contribution in [3.05, 3.63) is 11.6 Å². The first kappa shape index (κ1) is 7.28. The Hall–Kier alpha value is -0.830. The fourth-order valence-corrected chi connectivity index (χ4v) is 0.958. The van der Waals surface area contributed by atoms with E-state index in [1.165, 1.54) is 0 Å². The second-order valence-electron chi connectivity index (χ2n) is 2.29. The van der Waals surface area contributed by atoms with Crippen molar-refractivity contribution in [3.8, 4) is 0 Å². The Balaban J connectivity index is 2.46. The van der Waals surface area contributed by atoms with Crippen LogP contribution in [0.3, 0.4) is 0 Å². The quantitative estimate of drug-likeness (QED) is 0.515. The monoisotopic (exact) mass is 140 g/mol.